The van der Waals surface area contributed by atoms with Crippen LogP contribution in [0.25, 0.3) is 0 Å². The molecule has 0 aliphatic rings. The molecule has 2 rings (SSSR count). The van der Waals surface area contributed by atoms with E-state index in [2.05, 4.69) is 20.9 Å². The third-order valence-electron chi connectivity index (χ3n) is 2.50. The number of benzene rings is 1. The molecule has 0 unspecified atom stereocenters. The zero-order valence-corrected chi connectivity index (χ0v) is 11.8. The lowest BCUT2D eigenvalue weighted by Crippen LogP contribution is -2.22. The highest BCUT2D eigenvalue weighted by atomic mass is 79.9. The van der Waals surface area contributed by atoms with Crippen molar-refractivity contribution >= 4 is 27.5 Å². The van der Waals surface area contributed by atoms with E-state index in [0.717, 1.165) is 15.2 Å². The van der Waals surface area contributed by atoms with E-state index >= 15 is 0 Å². The third-order valence-corrected chi connectivity index (χ3v) is 3.29. The Morgan fingerprint density at radius 2 is 2.26 bits per heavy atom. The minimum Gasteiger partial charge on any atom is -0.502 e. The molecular formula is C12H7BrClN3O2. The molecule has 1 aromatic heterocycles. The van der Waals surface area contributed by atoms with Crippen LogP contribution in [0.15, 0.2) is 33.7 Å². The molecule has 0 saturated heterocycles. The van der Waals surface area contributed by atoms with E-state index in [-0.39, 0.29) is 11.8 Å². The summed E-state index contributed by atoms with van der Waals surface area (Å²) >= 11 is 9.13. The molecule has 0 spiro atoms. The largest absolute Gasteiger partial charge is 0.502 e. The van der Waals surface area contributed by atoms with Crippen molar-refractivity contribution in [2.45, 2.75) is 6.54 Å². The highest BCUT2D eigenvalue weighted by Crippen LogP contribution is 2.18. The van der Waals surface area contributed by atoms with Gasteiger partial charge in [0, 0.05) is 4.47 Å². The fourth-order valence-electron chi connectivity index (χ4n) is 1.57. The molecule has 0 fully saturated rings. The Balaban J connectivity index is 2.54. The summed E-state index contributed by atoms with van der Waals surface area (Å²) in [6.07, 6.45) is 0.993. The number of aromatic hydroxyl groups is 1. The van der Waals surface area contributed by atoms with Gasteiger partial charge in [0.05, 0.1) is 24.4 Å². The van der Waals surface area contributed by atoms with Gasteiger partial charge < -0.3 is 5.11 Å². The minimum atomic E-state index is -0.649. The zero-order valence-electron chi connectivity index (χ0n) is 9.47. The Hall–Kier alpha value is -1.84. The standard InChI is InChI=1S/C12H7BrClN3O2/c13-9-2-1-7(4-15)8(3-9)6-17-11(19)10(18)5-16-12(17)14/h1-3,5,18H,6H2. The second-order valence-corrected chi connectivity index (χ2v) is 4.97. The molecule has 0 atom stereocenters. The Labute approximate surface area is 121 Å². The normalized spacial score (nSPS) is 10.2. The summed E-state index contributed by atoms with van der Waals surface area (Å²) in [5, 5.41) is 18.3. The van der Waals surface area contributed by atoms with Crippen LogP contribution in [0.5, 0.6) is 5.75 Å². The molecule has 1 heterocycles. The molecule has 0 aliphatic carbocycles. The summed E-state index contributed by atoms with van der Waals surface area (Å²) in [6.45, 7) is 0.0569. The number of aromatic nitrogens is 2. The first-order valence-electron chi connectivity index (χ1n) is 5.15. The van der Waals surface area contributed by atoms with E-state index in [1.807, 2.05) is 6.07 Å². The monoisotopic (exact) mass is 339 g/mol. The van der Waals surface area contributed by atoms with E-state index in [4.69, 9.17) is 16.9 Å². The second kappa shape index (κ2) is 5.43. The first-order chi connectivity index (χ1) is 9.02. The van der Waals surface area contributed by atoms with Crippen molar-refractivity contribution in [3.63, 3.8) is 0 Å². The van der Waals surface area contributed by atoms with Crippen molar-refractivity contribution < 1.29 is 5.11 Å². The molecule has 19 heavy (non-hydrogen) atoms. The molecular weight excluding hydrogens is 334 g/mol. The van der Waals surface area contributed by atoms with Gasteiger partial charge in [-0.3, -0.25) is 9.36 Å². The molecule has 0 aliphatic heterocycles. The van der Waals surface area contributed by atoms with E-state index in [1.165, 1.54) is 0 Å². The van der Waals surface area contributed by atoms with Gasteiger partial charge in [-0.05, 0) is 35.4 Å². The number of rotatable bonds is 2. The molecule has 1 N–H and O–H groups in total. The van der Waals surface area contributed by atoms with Gasteiger partial charge in [-0.2, -0.15) is 5.26 Å². The van der Waals surface area contributed by atoms with Crippen LogP contribution in [0.1, 0.15) is 11.1 Å². The first kappa shape index (κ1) is 13.6. The van der Waals surface area contributed by atoms with Crippen LogP contribution >= 0.6 is 27.5 Å². The van der Waals surface area contributed by atoms with E-state index < -0.39 is 11.3 Å². The van der Waals surface area contributed by atoms with Crippen molar-refractivity contribution in [3.8, 4) is 11.8 Å². The molecule has 0 radical (unpaired) electrons. The molecule has 0 amide bonds. The maximum atomic E-state index is 11.8. The Bertz CT molecular complexity index is 737. The van der Waals surface area contributed by atoms with E-state index in [1.54, 1.807) is 18.2 Å². The first-order valence-corrected chi connectivity index (χ1v) is 6.33. The average molecular weight is 341 g/mol. The predicted octanol–water partition coefficient (Wildman–Crippen LogP) is 2.28. The fourth-order valence-corrected chi connectivity index (χ4v) is 2.16. The zero-order chi connectivity index (χ0) is 14.0. The van der Waals surface area contributed by atoms with Gasteiger partial charge in [-0.15, -0.1) is 0 Å². The molecule has 1 aromatic carbocycles. The Kier molecular flexibility index (Phi) is 3.88. The van der Waals surface area contributed by atoms with Gasteiger partial charge in [-0.25, -0.2) is 4.98 Å². The van der Waals surface area contributed by atoms with Gasteiger partial charge in [0.15, 0.2) is 0 Å². The summed E-state index contributed by atoms with van der Waals surface area (Å²) in [5.41, 5.74) is 0.381. The van der Waals surface area contributed by atoms with Crippen molar-refractivity contribution in [1.29, 1.82) is 5.26 Å². The van der Waals surface area contributed by atoms with Crippen LogP contribution < -0.4 is 5.56 Å². The summed E-state index contributed by atoms with van der Waals surface area (Å²) in [6, 6.07) is 7.11. The predicted molar refractivity (Wildman–Crippen MR) is 73.1 cm³/mol. The maximum absolute atomic E-state index is 11.8. The van der Waals surface area contributed by atoms with Crippen LogP contribution in [0, 0.1) is 11.3 Å². The lowest BCUT2D eigenvalue weighted by Gasteiger charge is -2.09. The van der Waals surface area contributed by atoms with Crippen LogP contribution in [-0.2, 0) is 6.54 Å². The van der Waals surface area contributed by atoms with Crippen molar-refractivity contribution in [3.05, 3.63) is 55.6 Å². The Morgan fingerprint density at radius 1 is 1.53 bits per heavy atom. The number of hydrogen-bond acceptors (Lipinski definition) is 4. The van der Waals surface area contributed by atoms with Crippen LogP contribution in [0.2, 0.25) is 5.28 Å². The van der Waals surface area contributed by atoms with Gasteiger partial charge in [-0.1, -0.05) is 15.9 Å². The van der Waals surface area contributed by atoms with Gasteiger partial charge in [0.2, 0.25) is 11.0 Å². The van der Waals surface area contributed by atoms with Gasteiger partial charge in [0.1, 0.15) is 0 Å². The molecule has 0 bridgehead atoms. The van der Waals surface area contributed by atoms with E-state index in [0.29, 0.717) is 11.1 Å². The number of nitriles is 1. The summed E-state index contributed by atoms with van der Waals surface area (Å²) in [4.78, 5) is 15.5. The summed E-state index contributed by atoms with van der Waals surface area (Å²) < 4.78 is 1.87. The lowest BCUT2D eigenvalue weighted by molar-refractivity contribution is 0.454. The fraction of sp³-hybridized carbons (Fsp3) is 0.0833. The van der Waals surface area contributed by atoms with Crippen LogP contribution in [0.3, 0.4) is 0 Å². The van der Waals surface area contributed by atoms with Crippen molar-refractivity contribution in [2.24, 2.45) is 0 Å². The van der Waals surface area contributed by atoms with Crippen LogP contribution in [-0.4, -0.2) is 14.7 Å². The highest BCUT2D eigenvalue weighted by molar-refractivity contribution is 9.10. The van der Waals surface area contributed by atoms with Gasteiger partial charge >= 0.3 is 0 Å². The third kappa shape index (κ3) is 2.78. The summed E-state index contributed by atoms with van der Waals surface area (Å²) in [7, 11) is 0. The Morgan fingerprint density at radius 3 is 2.95 bits per heavy atom. The highest BCUT2D eigenvalue weighted by Gasteiger charge is 2.11. The smallest absolute Gasteiger partial charge is 0.296 e. The van der Waals surface area contributed by atoms with Crippen molar-refractivity contribution in [1.82, 2.24) is 9.55 Å². The summed E-state index contributed by atoms with van der Waals surface area (Å²) in [5.74, 6) is -0.488. The topological polar surface area (TPSA) is 78.9 Å². The van der Waals surface area contributed by atoms with E-state index in [9.17, 15) is 9.90 Å². The molecule has 5 nitrogen and oxygen atoms in total. The molecule has 7 heteroatoms. The molecule has 0 saturated carbocycles. The number of hydrogen-bond donors (Lipinski definition) is 1. The quantitative estimate of drug-likeness (QED) is 0.851. The lowest BCUT2D eigenvalue weighted by atomic mass is 10.1. The maximum Gasteiger partial charge on any atom is 0.296 e. The van der Waals surface area contributed by atoms with Crippen LogP contribution in [0.4, 0.5) is 0 Å². The number of halogens is 2. The second-order valence-electron chi connectivity index (χ2n) is 3.72. The SMILES string of the molecule is N#Cc1ccc(Br)cc1Cn1c(Cl)ncc(O)c1=O. The van der Waals surface area contributed by atoms with Crippen molar-refractivity contribution in [2.75, 3.05) is 0 Å². The van der Waals surface area contributed by atoms with Gasteiger partial charge in [0.25, 0.3) is 5.56 Å². The minimum absolute atomic E-state index is 0.0494. The average Bonchev–Trinajstić information content (AvgIpc) is 2.39. The molecule has 2 aromatic rings. The number of nitrogens with zero attached hydrogens (tertiary/aromatic N) is 3. The molecule has 96 valence electrons.